The largest absolute Gasteiger partial charge is 0.335 e. The van der Waals surface area contributed by atoms with Gasteiger partial charge in [0, 0.05) is 37.1 Å². The van der Waals surface area contributed by atoms with Gasteiger partial charge in [-0.2, -0.15) is 5.10 Å². The van der Waals surface area contributed by atoms with Crippen LogP contribution in [0.25, 0.3) is 10.9 Å². The summed E-state index contributed by atoms with van der Waals surface area (Å²) in [5.41, 5.74) is 3.06. The van der Waals surface area contributed by atoms with E-state index in [0.29, 0.717) is 37.4 Å². The number of piperazine rings is 1. The van der Waals surface area contributed by atoms with Gasteiger partial charge in [0.15, 0.2) is 5.69 Å². The third kappa shape index (κ3) is 2.94. The van der Waals surface area contributed by atoms with Gasteiger partial charge < -0.3 is 9.80 Å². The molecule has 3 aromatic rings. The van der Waals surface area contributed by atoms with Crippen molar-refractivity contribution in [1.82, 2.24) is 20.0 Å². The van der Waals surface area contributed by atoms with Gasteiger partial charge in [-0.3, -0.25) is 14.7 Å². The lowest BCUT2D eigenvalue weighted by Crippen LogP contribution is -2.50. The van der Waals surface area contributed by atoms with Gasteiger partial charge in [-0.05, 0) is 25.1 Å². The molecule has 1 saturated heterocycles. The van der Waals surface area contributed by atoms with Crippen molar-refractivity contribution in [3.8, 4) is 0 Å². The number of aromatic amines is 1. The summed E-state index contributed by atoms with van der Waals surface area (Å²) >= 11 is 0. The fraction of sp³-hybridized carbons (Fsp3) is 0.250. The SMILES string of the molecule is Cc1cccc(C(=O)N2CCN(C(=O)c3n[nH]c4ccccc34)CC2)c1. The molecular formula is C20H20N4O2. The summed E-state index contributed by atoms with van der Waals surface area (Å²) in [6.07, 6.45) is 0. The average Bonchev–Trinajstić information content (AvgIpc) is 3.11. The Kier molecular flexibility index (Phi) is 4.16. The molecule has 0 atom stereocenters. The van der Waals surface area contributed by atoms with Crippen LogP contribution in [-0.2, 0) is 0 Å². The number of aryl methyl sites for hydroxylation is 1. The molecule has 2 heterocycles. The minimum atomic E-state index is -0.0925. The van der Waals surface area contributed by atoms with Crippen molar-refractivity contribution in [2.75, 3.05) is 26.2 Å². The van der Waals surface area contributed by atoms with Crippen molar-refractivity contribution in [2.24, 2.45) is 0 Å². The molecule has 1 aliphatic rings. The maximum absolute atomic E-state index is 12.8. The zero-order chi connectivity index (χ0) is 18.1. The second-order valence-electron chi connectivity index (χ2n) is 6.57. The Hall–Kier alpha value is -3.15. The first-order valence-electron chi connectivity index (χ1n) is 8.72. The number of benzene rings is 2. The molecule has 2 aromatic carbocycles. The van der Waals surface area contributed by atoms with Crippen molar-refractivity contribution in [3.63, 3.8) is 0 Å². The molecule has 2 amide bonds. The van der Waals surface area contributed by atoms with Crippen LogP contribution in [0.1, 0.15) is 26.4 Å². The van der Waals surface area contributed by atoms with Crippen molar-refractivity contribution in [1.29, 1.82) is 0 Å². The van der Waals surface area contributed by atoms with Gasteiger partial charge in [0.1, 0.15) is 0 Å². The van der Waals surface area contributed by atoms with Crippen LogP contribution >= 0.6 is 0 Å². The average molecular weight is 348 g/mol. The number of hydrogen-bond donors (Lipinski definition) is 1. The maximum Gasteiger partial charge on any atom is 0.275 e. The second kappa shape index (κ2) is 6.63. The summed E-state index contributed by atoms with van der Waals surface area (Å²) in [6.45, 7) is 4.05. The van der Waals surface area contributed by atoms with E-state index < -0.39 is 0 Å². The fourth-order valence-electron chi connectivity index (χ4n) is 3.35. The Labute approximate surface area is 151 Å². The van der Waals surface area contributed by atoms with Crippen LogP contribution in [0.15, 0.2) is 48.5 Å². The highest BCUT2D eigenvalue weighted by atomic mass is 16.2. The molecule has 1 N–H and O–H groups in total. The van der Waals surface area contributed by atoms with Gasteiger partial charge in [-0.15, -0.1) is 0 Å². The molecule has 26 heavy (non-hydrogen) atoms. The van der Waals surface area contributed by atoms with Crippen LogP contribution in [0.4, 0.5) is 0 Å². The second-order valence-corrected chi connectivity index (χ2v) is 6.57. The molecule has 4 rings (SSSR count). The molecule has 1 fully saturated rings. The lowest BCUT2D eigenvalue weighted by Gasteiger charge is -2.34. The lowest BCUT2D eigenvalue weighted by molar-refractivity contribution is 0.0533. The molecule has 0 unspecified atom stereocenters. The smallest absolute Gasteiger partial charge is 0.275 e. The van der Waals surface area contributed by atoms with Crippen LogP contribution in [0, 0.1) is 6.92 Å². The zero-order valence-corrected chi connectivity index (χ0v) is 14.6. The van der Waals surface area contributed by atoms with Gasteiger partial charge in [-0.1, -0.05) is 35.9 Å². The molecule has 0 radical (unpaired) electrons. The Morgan fingerprint density at radius 2 is 1.62 bits per heavy atom. The van der Waals surface area contributed by atoms with E-state index in [1.807, 2.05) is 55.5 Å². The zero-order valence-electron chi connectivity index (χ0n) is 14.6. The van der Waals surface area contributed by atoms with Crippen molar-refractivity contribution < 1.29 is 9.59 Å². The molecule has 132 valence electrons. The highest BCUT2D eigenvalue weighted by Crippen LogP contribution is 2.18. The summed E-state index contributed by atoms with van der Waals surface area (Å²) in [5.74, 6) is -0.0730. The van der Waals surface area contributed by atoms with E-state index in [1.165, 1.54) is 0 Å². The third-order valence-corrected chi connectivity index (χ3v) is 4.79. The van der Waals surface area contributed by atoms with Crippen molar-refractivity contribution >= 4 is 22.7 Å². The monoisotopic (exact) mass is 348 g/mol. The van der Waals surface area contributed by atoms with Crippen LogP contribution in [0.5, 0.6) is 0 Å². The normalized spacial score (nSPS) is 14.7. The fourth-order valence-corrected chi connectivity index (χ4v) is 3.35. The van der Waals surface area contributed by atoms with Crippen LogP contribution in [-0.4, -0.2) is 58.0 Å². The number of amides is 2. The minimum Gasteiger partial charge on any atom is -0.335 e. The molecule has 0 bridgehead atoms. The lowest BCUT2D eigenvalue weighted by atomic mass is 10.1. The van der Waals surface area contributed by atoms with Crippen LogP contribution < -0.4 is 0 Å². The van der Waals surface area contributed by atoms with Gasteiger partial charge in [-0.25, -0.2) is 0 Å². The summed E-state index contributed by atoms with van der Waals surface area (Å²) in [4.78, 5) is 29.0. The van der Waals surface area contributed by atoms with Crippen LogP contribution in [0.2, 0.25) is 0 Å². The number of hydrogen-bond acceptors (Lipinski definition) is 3. The molecule has 0 aliphatic carbocycles. The Morgan fingerprint density at radius 3 is 2.35 bits per heavy atom. The van der Waals surface area contributed by atoms with E-state index in [2.05, 4.69) is 10.2 Å². The van der Waals surface area contributed by atoms with Gasteiger partial charge in [0.2, 0.25) is 0 Å². The van der Waals surface area contributed by atoms with Gasteiger partial charge in [0.25, 0.3) is 11.8 Å². The molecule has 0 spiro atoms. The van der Waals surface area contributed by atoms with Crippen molar-refractivity contribution in [2.45, 2.75) is 6.92 Å². The number of nitrogens with one attached hydrogen (secondary N) is 1. The standard InChI is InChI=1S/C20H20N4O2/c1-14-5-4-6-15(13-14)19(25)23-9-11-24(12-10-23)20(26)18-16-7-2-3-8-17(16)21-22-18/h2-8,13H,9-12H2,1H3,(H,21,22). The Morgan fingerprint density at radius 1 is 0.923 bits per heavy atom. The van der Waals surface area contributed by atoms with E-state index in [1.54, 1.807) is 9.80 Å². The molecule has 1 aromatic heterocycles. The summed E-state index contributed by atoms with van der Waals surface area (Å²) in [6, 6.07) is 15.2. The highest BCUT2D eigenvalue weighted by Gasteiger charge is 2.27. The predicted molar refractivity (Wildman–Crippen MR) is 99.1 cm³/mol. The number of carbonyl (C=O) groups excluding carboxylic acids is 2. The number of nitrogens with zero attached hydrogens (tertiary/aromatic N) is 3. The molecule has 6 heteroatoms. The Balaban J connectivity index is 1.45. The van der Waals surface area contributed by atoms with Gasteiger partial charge in [0.05, 0.1) is 5.52 Å². The first kappa shape index (κ1) is 16.3. The number of carbonyl (C=O) groups is 2. The molecule has 0 saturated carbocycles. The summed E-state index contributed by atoms with van der Waals surface area (Å²) in [5, 5.41) is 7.91. The maximum atomic E-state index is 12.8. The van der Waals surface area contributed by atoms with E-state index in [0.717, 1.165) is 16.5 Å². The summed E-state index contributed by atoms with van der Waals surface area (Å²) < 4.78 is 0. The first-order chi connectivity index (χ1) is 12.6. The van der Waals surface area contributed by atoms with E-state index in [-0.39, 0.29) is 11.8 Å². The number of rotatable bonds is 2. The van der Waals surface area contributed by atoms with E-state index in [9.17, 15) is 9.59 Å². The topological polar surface area (TPSA) is 69.3 Å². The molecular weight excluding hydrogens is 328 g/mol. The van der Waals surface area contributed by atoms with Crippen LogP contribution in [0.3, 0.4) is 0 Å². The number of fused-ring (bicyclic) bond motifs is 1. The summed E-state index contributed by atoms with van der Waals surface area (Å²) in [7, 11) is 0. The number of H-pyrrole nitrogens is 1. The highest BCUT2D eigenvalue weighted by molar-refractivity contribution is 6.04. The number of aromatic nitrogens is 2. The van der Waals surface area contributed by atoms with E-state index >= 15 is 0 Å². The van der Waals surface area contributed by atoms with Crippen molar-refractivity contribution in [3.05, 3.63) is 65.4 Å². The third-order valence-electron chi connectivity index (χ3n) is 4.79. The number of para-hydroxylation sites is 1. The quantitative estimate of drug-likeness (QED) is 0.773. The minimum absolute atomic E-state index is 0.0195. The Bertz CT molecular complexity index is 971. The van der Waals surface area contributed by atoms with Gasteiger partial charge >= 0.3 is 0 Å². The predicted octanol–water partition coefficient (Wildman–Crippen LogP) is 2.47. The van der Waals surface area contributed by atoms with E-state index in [4.69, 9.17) is 0 Å². The molecule has 6 nitrogen and oxygen atoms in total. The molecule has 1 aliphatic heterocycles. The first-order valence-corrected chi connectivity index (χ1v) is 8.72.